The fourth-order valence-corrected chi connectivity index (χ4v) is 1.66. The van der Waals surface area contributed by atoms with Gasteiger partial charge in [-0.05, 0) is 30.0 Å². The maximum Gasteiger partial charge on any atom is 0.161 e. The van der Waals surface area contributed by atoms with E-state index in [2.05, 4.69) is 13.8 Å². The molecule has 0 spiro atoms. The molecule has 1 N–H and O–H groups in total. The number of hydrogen-bond acceptors (Lipinski definition) is 2. The van der Waals surface area contributed by atoms with Crippen molar-refractivity contribution in [2.45, 2.75) is 20.3 Å². The lowest BCUT2D eigenvalue weighted by Gasteiger charge is -2.03. The summed E-state index contributed by atoms with van der Waals surface area (Å²) in [5.74, 6) is 0.854. The predicted octanol–water partition coefficient (Wildman–Crippen LogP) is 3.34. The minimum atomic E-state index is 0.219. The Hall–Kier alpha value is -1.44. The van der Waals surface area contributed by atoms with Gasteiger partial charge in [0.2, 0.25) is 0 Å². The molecule has 0 aliphatic carbocycles. The highest BCUT2D eigenvalue weighted by atomic mass is 16.4. The van der Waals surface area contributed by atoms with Crippen LogP contribution in [0, 0.1) is 5.92 Å². The molecule has 0 aliphatic rings. The van der Waals surface area contributed by atoms with Gasteiger partial charge in [0.1, 0.15) is 11.8 Å². The third-order valence-electron chi connectivity index (χ3n) is 2.26. The molecular weight excluding hydrogens is 176 g/mol. The molecule has 1 aromatic heterocycles. The summed E-state index contributed by atoms with van der Waals surface area (Å²) >= 11 is 0. The van der Waals surface area contributed by atoms with E-state index in [0.717, 1.165) is 17.4 Å². The molecule has 2 rings (SSSR count). The molecule has 0 radical (unpaired) electrons. The molecule has 2 aromatic rings. The van der Waals surface area contributed by atoms with E-state index in [1.807, 2.05) is 18.2 Å². The predicted molar refractivity (Wildman–Crippen MR) is 56.4 cm³/mol. The largest absolute Gasteiger partial charge is 0.504 e. The Balaban J connectivity index is 2.42. The molecule has 0 unspecified atom stereocenters. The first-order valence-corrected chi connectivity index (χ1v) is 4.86. The Labute approximate surface area is 83.2 Å². The molecule has 0 saturated carbocycles. The monoisotopic (exact) mass is 190 g/mol. The summed E-state index contributed by atoms with van der Waals surface area (Å²) in [7, 11) is 0. The van der Waals surface area contributed by atoms with Crippen LogP contribution >= 0.6 is 0 Å². The van der Waals surface area contributed by atoms with Crippen LogP contribution < -0.4 is 0 Å². The fraction of sp³-hybridized carbons (Fsp3) is 0.333. The standard InChI is InChI=1S/C12H14O2/c1-8(2)5-9-3-4-10-11(13)7-14-12(10)6-9/h3-4,6-8,13H,5H2,1-2H3. The molecule has 74 valence electrons. The Morgan fingerprint density at radius 3 is 2.86 bits per heavy atom. The van der Waals surface area contributed by atoms with Crippen molar-refractivity contribution in [2.75, 3.05) is 0 Å². The Morgan fingerprint density at radius 1 is 1.36 bits per heavy atom. The number of aromatic hydroxyl groups is 1. The van der Waals surface area contributed by atoms with Gasteiger partial charge in [-0.25, -0.2) is 0 Å². The van der Waals surface area contributed by atoms with Gasteiger partial charge in [-0.3, -0.25) is 0 Å². The van der Waals surface area contributed by atoms with Crippen LogP contribution in [-0.2, 0) is 6.42 Å². The van der Waals surface area contributed by atoms with Crippen molar-refractivity contribution >= 4 is 11.0 Å². The van der Waals surface area contributed by atoms with E-state index < -0.39 is 0 Å². The van der Waals surface area contributed by atoms with E-state index in [1.165, 1.54) is 11.8 Å². The third kappa shape index (κ3) is 1.60. The van der Waals surface area contributed by atoms with Gasteiger partial charge in [-0.15, -0.1) is 0 Å². The Kier molecular flexibility index (Phi) is 2.20. The van der Waals surface area contributed by atoms with Crippen LogP contribution in [0.4, 0.5) is 0 Å². The summed E-state index contributed by atoms with van der Waals surface area (Å²) in [6.07, 6.45) is 2.42. The summed E-state index contributed by atoms with van der Waals surface area (Å²) in [5, 5.41) is 10.2. The summed E-state index contributed by atoms with van der Waals surface area (Å²) in [5.41, 5.74) is 2.02. The lowest BCUT2D eigenvalue weighted by atomic mass is 10.0. The number of fused-ring (bicyclic) bond motifs is 1. The summed E-state index contributed by atoms with van der Waals surface area (Å²) < 4.78 is 5.22. The molecule has 14 heavy (non-hydrogen) atoms. The van der Waals surface area contributed by atoms with Crippen LogP contribution in [0.15, 0.2) is 28.9 Å². The summed E-state index contributed by atoms with van der Waals surface area (Å²) in [6, 6.07) is 5.94. The smallest absolute Gasteiger partial charge is 0.161 e. The Bertz CT molecular complexity index is 441. The molecule has 2 nitrogen and oxygen atoms in total. The third-order valence-corrected chi connectivity index (χ3v) is 2.26. The number of rotatable bonds is 2. The van der Waals surface area contributed by atoms with Crippen LogP contribution in [0.1, 0.15) is 19.4 Å². The first kappa shape index (κ1) is 9.13. The maximum atomic E-state index is 9.39. The molecule has 0 atom stereocenters. The maximum absolute atomic E-state index is 9.39. The Morgan fingerprint density at radius 2 is 2.14 bits per heavy atom. The summed E-state index contributed by atoms with van der Waals surface area (Å²) in [6.45, 7) is 4.37. The van der Waals surface area contributed by atoms with Crippen LogP contribution in [-0.4, -0.2) is 5.11 Å². The van der Waals surface area contributed by atoms with Gasteiger partial charge < -0.3 is 9.52 Å². The van der Waals surface area contributed by atoms with Gasteiger partial charge >= 0.3 is 0 Å². The van der Waals surface area contributed by atoms with Crippen LogP contribution in [0.25, 0.3) is 11.0 Å². The zero-order valence-corrected chi connectivity index (χ0v) is 8.45. The van der Waals surface area contributed by atoms with Gasteiger partial charge in [0.15, 0.2) is 5.75 Å². The molecule has 0 bridgehead atoms. The highest BCUT2D eigenvalue weighted by Gasteiger charge is 2.05. The van der Waals surface area contributed by atoms with Gasteiger partial charge in [-0.2, -0.15) is 0 Å². The van der Waals surface area contributed by atoms with Crippen LogP contribution in [0.3, 0.4) is 0 Å². The van der Waals surface area contributed by atoms with Crippen LogP contribution in [0.5, 0.6) is 5.75 Å². The van der Waals surface area contributed by atoms with Crippen molar-refractivity contribution in [1.82, 2.24) is 0 Å². The first-order valence-electron chi connectivity index (χ1n) is 4.86. The van der Waals surface area contributed by atoms with Crippen molar-refractivity contribution in [3.05, 3.63) is 30.0 Å². The van der Waals surface area contributed by atoms with Crippen molar-refractivity contribution in [3.63, 3.8) is 0 Å². The highest BCUT2D eigenvalue weighted by Crippen LogP contribution is 2.27. The minimum Gasteiger partial charge on any atom is -0.504 e. The van der Waals surface area contributed by atoms with Crippen molar-refractivity contribution in [1.29, 1.82) is 0 Å². The van der Waals surface area contributed by atoms with E-state index in [0.29, 0.717) is 5.92 Å². The molecule has 1 heterocycles. The molecule has 2 heteroatoms. The number of benzene rings is 1. The second kappa shape index (κ2) is 3.37. The van der Waals surface area contributed by atoms with Gasteiger partial charge in [0, 0.05) is 0 Å². The first-order chi connectivity index (χ1) is 6.66. The van der Waals surface area contributed by atoms with Gasteiger partial charge in [0.05, 0.1) is 5.39 Å². The summed E-state index contributed by atoms with van der Waals surface area (Å²) in [4.78, 5) is 0. The molecule has 0 fully saturated rings. The van der Waals surface area contributed by atoms with Crippen LogP contribution in [0.2, 0.25) is 0 Å². The lowest BCUT2D eigenvalue weighted by molar-refractivity contribution is 0.464. The van der Waals surface area contributed by atoms with Crippen molar-refractivity contribution in [3.8, 4) is 5.75 Å². The molecule has 0 saturated heterocycles. The number of hydrogen-bond donors (Lipinski definition) is 1. The zero-order valence-electron chi connectivity index (χ0n) is 8.45. The fourth-order valence-electron chi connectivity index (χ4n) is 1.66. The van der Waals surface area contributed by atoms with E-state index in [1.54, 1.807) is 0 Å². The topological polar surface area (TPSA) is 33.4 Å². The van der Waals surface area contributed by atoms with E-state index >= 15 is 0 Å². The normalized spacial score (nSPS) is 11.4. The van der Waals surface area contributed by atoms with Gasteiger partial charge in [0.25, 0.3) is 0 Å². The average molecular weight is 190 g/mol. The SMILES string of the molecule is CC(C)Cc1ccc2c(O)coc2c1. The molecule has 1 aromatic carbocycles. The van der Waals surface area contributed by atoms with Crippen molar-refractivity contribution in [2.24, 2.45) is 5.92 Å². The van der Waals surface area contributed by atoms with E-state index in [9.17, 15) is 5.11 Å². The molecule has 0 aliphatic heterocycles. The second-order valence-corrected chi connectivity index (χ2v) is 4.05. The zero-order chi connectivity index (χ0) is 10.1. The van der Waals surface area contributed by atoms with Gasteiger partial charge in [-0.1, -0.05) is 19.9 Å². The lowest BCUT2D eigenvalue weighted by Crippen LogP contribution is -1.92. The molecule has 0 amide bonds. The second-order valence-electron chi connectivity index (χ2n) is 4.05. The quantitative estimate of drug-likeness (QED) is 0.787. The molecular formula is C12H14O2. The minimum absolute atomic E-state index is 0.219. The van der Waals surface area contributed by atoms with E-state index in [-0.39, 0.29) is 5.75 Å². The van der Waals surface area contributed by atoms with E-state index in [4.69, 9.17) is 4.42 Å². The average Bonchev–Trinajstić information content (AvgIpc) is 2.46. The van der Waals surface area contributed by atoms with Crippen molar-refractivity contribution < 1.29 is 9.52 Å². The highest BCUT2D eigenvalue weighted by molar-refractivity contribution is 5.84. The number of furan rings is 1.